The Morgan fingerprint density at radius 2 is 1.78 bits per heavy atom. The van der Waals surface area contributed by atoms with E-state index in [1.165, 1.54) is 13.0 Å². The molecule has 1 aliphatic rings. The Bertz CT molecular complexity index is 956. The van der Waals surface area contributed by atoms with Crippen molar-refractivity contribution in [3.8, 4) is 5.75 Å². The number of ether oxygens (including phenoxy) is 1. The van der Waals surface area contributed by atoms with Gasteiger partial charge in [-0.25, -0.2) is 0 Å². The molecule has 0 radical (unpaired) electrons. The summed E-state index contributed by atoms with van der Waals surface area (Å²) in [5.41, 5.74) is 0.441. The zero-order valence-corrected chi connectivity index (χ0v) is 18.3. The van der Waals surface area contributed by atoms with Gasteiger partial charge in [-0.05, 0) is 55.2 Å². The first kappa shape index (κ1) is 23.6. The molecule has 2 unspecified atom stereocenters. The van der Waals surface area contributed by atoms with Crippen molar-refractivity contribution in [3.05, 3.63) is 65.2 Å². The molecule has 172 valence electrons. The quantitative estimate of drug-likeness (QED) is 0.616. The maximum atomic E-state index is 13.3. The molecule has 0 spiro atoms. The molecule has 2 aromatic rings. The summed E-state index contributed by atoms with van der Waals surface area (Å²) < 4.78 is 44.7. The first-order chi connectivity index (χ1) is 15.1. The normalized spacial score (nSPS) is 15.6. The van der Waals surface area contributed by atoms with Crippen molar-refractivity contribution in [1.82, 2.24) is 10.2 Å². The van der Waals surface area contributed by atoms with Crippen LogP contribution in [0.4, 0.5) is 13.2 Å². The van der Waals surface area contributed by atoms with Crippen LogP contribution in [-0.2, 0) is 15.8 Å². The molecular formula is C24H27F3N2O3. The monoisotopic (exact) mass is 448 g/mol. The van der Waals surface area contributed by atoms with Gasteiger partial charge in [-0.15, -0.1) is 0 Å². The summed E-state index contributed by atoms with van der Waals surface area (Å²) in [6.45, 7) is 3.12. The Morgan fingerprint density at radius 3 is 2.31 bits per heavy atom. The van der Waals surface area contributed by atoms with E-state index in [1.807, 2.05) is 0 Å². The van der Waals surface area contributed by atoms with Crippen molar-refractivity contribution in [3.63, 3.8) is 0 Å². The molecule has 3 rings (SSSR count). The van der Waals surface area contributed by atoms with Crippen molar-refractivity contribution in [1.29, 1.82) is 0 Å². The average molecular weight is 448 g/mol. The smallest absolute Gasteiger partial charge is 0.416 e. The summed E-state index contributed by atoms with van der Waals surface area (Å²) in [6.07, 6.45) is -2.83. The molecule has 5 nitrogen and oxygen atoms in total. The van der Waals surface area contributed by atoms with Gasteiger partial charge < -0.3 is 15.0 Å². The van der Waals surface area contributed by atoms with Gasteiger partial charge in [0, 0.05) is 13.0 Å². The summed E-state index contributed by atoms with van der Waals surface area (Å²) in [7, 11) is 1.55. The van der Waals surface area contributed by atoms with Gasteiger partial charge in [0.1, 0.15) is 5.75 Å². The number of rotatable bonds is 8. The molecular weight excluding hydrogens is 421 g/mol. The lowest BCUT2D eigenvalue weighted by atomic mass is 10.00. The Labute approximate surface area is 185 Å². The van der Waals surface area contributed by atoms with Crippen molar-refractivity contribution in [2.45, 2.75) is 57.4 Å². The highest BCUT2D eigenvalue weighted by Gasteiger charge is 2.38. The van der Waals surface area contributed by atoms with Crippen LogP contribution in [0.15, 0.2) is 48.5 Å². The fourth-order valence-corrected chi connectivity index (χ4v) is 3.84. The number of carbonyl (C=O) groups excluding carboxylic acids is 2. The zero-order chi connectivity index (χ0) is 23.5. The maximum absolute atomic E-state index is 13.3. The van der Waals surface area contributed by atoms with Crippen LogP contribution >= 0.6 is 0 Å². The highest BCUT2D eigenvalue weighted by atomic mass is 19.4. The number of benzene rings is 2. The number of nitrogens with one attached hydrogen (secondary N) is 1. The van der Waals surface area contributed by atoms with E-state index in [2.05, 4.69) is 5.32 Å². The molecule has 32 heavy (non-hydrogen) atoms. The van der Waals surface area contributed by atoms with Crippen LogP contribution < -0.4 is 10.1 Å². The number of hydrogen-bond donors (Lipinski definition) is 1. The maximum Gasteiger partial charge on any atom is 0.416 e. The molecule has 2 atom stereocenters. The SMILES string of the molecule is COc1ccc(C(CC(=O)N(C2CC2)C(C)c2cccc(C(F)(F)F)c2)NC(C)=O)cc1. The van der Waals surface area contributed by atoms with Crippen LogP contribution in [-0.4, -0.2) is 29.9 Å². The third-order valence-corrected chi connectivity index (χ3v) is 5.62. The van der Waals surface area contributed by atoms with E-state index in [4.69, 9.17) is 4.74 Å². The molecule has 1 saturated carbocycles. The molecule has 2 aromatic carbocycles. The molecule has 0 aromatic heterocycles. The van der Waals surface area contributed by atoms with E-state index in [9.17, 15) is 22.8 Å². The first-order valence-electron chi connectivity index (χ1n) is 10.5. The average Bonchev–Trinajstić information content (AvgIpc) is 3.57. The van der Waals surface area contributed by atoms with Gasteiger partial charge in [0.05, 0.1) is 31.2 Å². The lowest BCUT2D eigenvalue weighted by molar-refractivity contribution is -0.137. The molecule has 0 aliphatic heterocycles. The Balaban J connectivity index is 1.83. The van der Waals surface area contributed by atoms with Crippen LogP contribution in [0.5, 0.6) is 5.75 Å². The van der Waals surface area contributed by atoms with E-state index in [-0.39, 0.29) is 24.3 Å². The van der Waals surface area contributed by atoms with E-state index in [0.29, 0.717) is 11.3 Å². The second-order valence-electron chi connectivity index (χ2n) is 8.06. The van der Waals surface area contributed by atoms with Crippen LogP contribution in [0.2, 0.25) is 0 Å². The molecule has 0 saturated heterocycles. The van der Waals surface area contributed by atoms with Gasteiger partial charge in [-0.3, -0.25) is 9.59 Å². The minimum absolute atomic E-state index is 0.00567. The molecule has 2 amide bonds. The highest BCUT2D eigenvalue weighted by molar-refractivity contribution is 5.80. The van der Waals surface area contributed by atoms with Gasteiger partial charge in [-0.1, -0.05) is 24.3 Å². The summed E-state index contributed by atoms with van der Waals surface area (Å²) in [4.78, 5) is 26.8. The van der Waals surface area contributed by atoms with Crippen LogP contribution in [0.1, 0.15) is 61.9 Å². The minimum Gasteiger partial charge on any atom is -0.497 e. The van der Waals surface area contributed by atoms with Gasteiger partial charge in [-0.2, -0.15) is 13.2 Å². The molecule has 1 fully saturated rings. The zero-order valence-electron chi connectivity index (χ0n) is 18.3. The van der Waals surface area contributed by atoms with Gasteiger partial charge in [0.2, 0.25) is 11.8 Å². The lowest BCUT2D eigenvalue weighted by Crippen LogP contribution is -2.38. The van der Waals surface area contributed by atoms with Crippen molar-refractivity contribution in [2.24, 2.45) is 0 Å². The van der Waals surface area contributed by atoms with E-state index in [0.717, 1.165) is 30.5 Å². The summed E-state index contributed by atoms with van der Waals surface area (Å²) >= 11 is 0. The van der Waals surface area contributed by atoms with Gasteiger partial charge >= 0.3 is 6.18 Å². The van der Waals surface area contributed by atoms with Gasteiger partial charge in [0.25, 0.3) is 0 Å². The van der Waals surface area contributed by atoms with Gasteiger partial charge in [0.15, 0.2) is 0 Å². The second-order valence-corrected chi connectivity index (χ2v) is 8.06. The summed E-state index contributed by atoms with van der Waals surface area (Å²) in [6, 6.07) is 11.1. The standard InChI is InChI=1S/C24H27F3N2O3/c1-15(18-5-4-6-19(13-18)24(25,26)27)29(20-9-10-20)23(31)14-22(28-16(2)30)17-7-11-21(32-3)12-8-17/h4-8,11-13,15,20,22H,9-10,14H2,1-3H3,(H,28,30). The first-order valence-corrected chi connectivity index (χ1v) is 10.5. The van der Waals surface area contributed by atoms with Crippen molar-refractivity contribution in [2.75, 3.05) is 7.11 Å². The molecule has 1 aliphatic carbocycles. The highest BCUT2D eigenvalue weighted by Crippen LogP contribution is 2.38. The van der Waals surface area contributed by atoms with Crippen LogP contribution in [0.3, 0.4) is 0 Å². The third kappa shape index (κ3) is 5.81. The van der Waals surface area contributed by atoms with Crippen LogP contribution in [0, 0.1) is 0 Å². The third-order valence-electron chi connectivity index (χ3n) is 5.62. The number of alkyl halides is 3. The minimum atomic E-state index is -4.45. The fraction of sp³-hybridized carbons (Fsp3) is 0.417. The summed E-state index contributed by atoms with van der Waals surface area (Å²) in [5.74, 6) is 0.161. The predicted molar refractivity (Wildman–Crippen MR) is 114 cm³/mol. The van der Waals surface area contributed by atoms with E-state index >= 15 is 0 Å². The second kappa shape index (κ2) is 9.63. The summed E-state index contributed by atoms with van der Waals surface area (Å²) in [5, 5.41) is 2.81. The predicted octanol–water partition coefficient (Wildman–Crippen LogP) is 5.03. The molecule has 0 heterocycles. The number of methoxy groups -OCH3 is 1. The lowest BCUT2D eigenvalue weighted by Gasteiger charge is -2.32. The number of halogens is 3. The number of nitrogens with zero attached hydrogens (tertiary/aromatic N) is 1. The topological polar surface area (TPSA) is 58.6 Å². The molecule has 1 N–H and O–H groups in total. The largest absolute Gasteiger partial charge is 0.497 e. The Morgan fingerprint density at radius 1 is 1.12 bits per heavy atom. The molecule has 8 heteroatoms. The Kier molecular flexibility index (Phi) is 7.11. The van der Waals surface area contributed by atoms with E-state index < -0.39 is 23.8 Å². The fourth-order valence-electron chi connectivity index (χ4n) is 3.84. The van der Waals surface area contributed by atoms with Crippen molar-refractivity contribution >= 4 is 11.8 Å². The van der Waals surface area contributed by atoms with Crippen molar-refractivity contribution < 1.29 is 27.5 Å². The molecule has 0 bridgehead atoms. The number of carbonyl (C=O) groups is 2. The number of hydrogen-bond acceptors (Lipinski definition) is 3. The number of amides is 2. The Hall–Kier alpha value is -3.03. The van der Waals surface area contributed by atoms with Crippen LogP contribution in [0.25, 0.3) is 0 Å². The van der Waals surface area contributed by atoms with E-state index in [1.54, 1.807) is 49.3 Å².